The van der Waals surface area contributed by atoms with Gasteiger partial charge in [-0.15, -0.1) is 0 Å². The number of rotatable bonds is 12. The number of unbranched alkanes of at least 4 members (excludes halogenated alkanes) is 1. The van der Waals surface area contributed by atoms with Crippen LogP contribution in [0.4, 0.5) is 16.4 Å². The van der Waals surface area contributed by atoms with Crippen molar-refractivity contribution in [2.45, 2.75) is 39.2 Å². The number of amides is 2. The molecule has 0 spiro atoms. The Hall–Kier alpha value is -5.00. The number of carbonyl (C=O) groups excluding carboxylic acids is 2. The predicted molar refractivity (Wildman–Crippen MR) is 164 cm³/mol. The third-order valence-electron chi connectivity index (χ3n) is 6.29. The topological polar surface area (TPSA) is 138 Å². The smallest absolute Gasteiger partial charge is 0.407 e. The number of fused-ring (bicyclic) bond motifs is 1. The van der Waals surface area contributed by atoms with E-state index in [-0.39, 0.29) is 5.91 Å². The Kier molecular flexibility index (Phi) is 9.91. The number of hydrogen-bond acceptors (Lipinski definition) is 9. The molecule has 0 bridgehead atoms. The molecule has 12 heteroatoms. The van der Waals surface area contributed by atoms with Crippen LogP contribution < -0.4 is 30.2 Å². The van der Waals surface area contributed by atoms with Crippen LogP contribution >= 0.6 is 0 Å². The molecule has 12 nitrogen and oxygen atoms in total. The van der Waals surface area contributed by atoms with E-state index < -0.39 is 11.7 Å². The SMILES string of the molecule is COc1cc(Nc2ncc3ccn(-c4cccc(C(=O)NCCCCNC(=O)OC(C)(C)C)c4)c3n2)cc(OC)c1OC. The summed E-state index contributed by atoms with van der Waals surface area (Å²) in [6.45, 7) is 6.40. The van der Waals surface area contributed by atoms with Crippen molar-refractivity contribution in [1.82, 2.24) is 25.2 Å². The maximum atomic E-state index is 12.9. The fourth-order valence-electron chi connectivity index (χ4n) is 4.32. The number of hydrogen-bond donors (Lipinski definition) is 3. The minimum atomic E-state index is -0.536. The molecule has 4 aromatic rings. The highest BCUT2D eigenvalue weighted by atomic mass is 16.6. The van der Waals surface area contributed by atoms with E-state index in [0.717, 1.165) is 11.1 Å². The van der Waals surface area contributed by atoms with Gasteiger partial charge in [0.1, 0.15) is 11.2 Å². The monoisotopic (exact) mass is 590 g/mol. The molecule has 4 rings (SSSR count). The molecule has 2 amide bonds. The van der Waals surface area contributed by atoms with Gasteiger partial charge in [0.2, 0.25) is 11.7 Å². The largest absolute Gasteiger partial charge is 0.493 e. The van der Waals surface area contributed by atoms with Crippen molar-refractivity contribution >= 4 is 34.7 Å². The molecule has 0 aliphatic carbocycles. The molecule has 0 saturated heterocycles. The Morgan fingerprint density at radius 2 is 1.60 bits per heavy atom. The van der Waals surface area contributed by atoms with Crippen LogP contribution in [-0.2, 0) is 4.74 Å². The van der Waals surface area contributed by atoms with Gasteiger partial charge in [0, 0.05) is 59.9 Å². The van der Waals surface area contributed by atoms with E-state index in [1.165, 1.54) is 0 Å². The second-order valence-electron chi connectivity index (χ2n) is 10.6. The molecule has 0 radical (unpaired) electrons. The van der Waals surface area contributed by atoms with Crippen LogP contribution in [0, 0.1) is 0 Å². The first-order valence-electron chi connectivity index (χ1n) is 13.9. The third kappa shape index (κ3) is 8.06. The fourth-order valence-corrected chi connectivity index (χ4v) is 4.32. The molecule has 228 valence electrons. The van der Waals surface area contributed by atoms with Gasteiger partial charge < -0.3 is 39.5 Å². The second-order valence-corrected chi connectivity index (χ2v) is 10.6. The van der Waals surface area contributed by atoms with E-state index in [0.29, 0.717) is 66.0 Å². The maximum Gasteiger partial charge on any atom is 0.407 e. The number of benzene rings is 2. The van der Waals surface area contributed by atoms with Gasteiger partial charge in [0.05, 0.1) is 21.3 Å². The lowest BCUT2D eigenvalue weighted by molar-refractivity contribution is 0.0526. The molecule has 3 N–H and O–H groups in total. The molecule has 2 aromatic carbocycles. The molecule has 2 heterocycles. The van der Waals surface area contributed by atoms with Crippen molar-refractivity contribution in [3.8, 4) is 22.9 Å². The molecular formula is C31H38N6O6. The lowest BCUT2D eigenvalue weighted by atomic mass is 10.2. The van der Waals surface area contributed by atoms with E-state index in [2.05, 4.69) is 20.9 Å². The van der Waals surface area contributed by atoms with E-state index in [9.17, 15) is 9.59 Å². The highest BCUT2D eigenvalue weighted by molar-refractivity contribution is 5.95. The first-order valence-corrected chi connectivity index (χ1v) is 13.9. The first kappa shape index (κ1) is 30.9. The lowest BCUT2D eigenvalue weighted by Crippen LogP contribution is -2.33. The molecule has 0 aliphatic heterocycles. The maximum absolute atomic E-state index is 12.9. The van der Waals surface area contributed by atoms with Crippen LogP contribution in [-0.4, -0.2) is 66.6 Å². The summed E-state index contributed by atoms with van der Waals surface area (Å²) in [4.78, 5) is 33.8. The van der Waals surface area contributed by atoms with E-state index in [1.54, 1.807) is 45.7 Å². The summed E-state index contributed by atoms with van der Waals surface area (Å²) in [7, 11) is 4.65. The second kappa shape index (κ2) is 13.8. The van der Waals surface area contributed by atoms with Crippen molar-refractivity contribution in [3.63, 3.8) is 0 Å². The Morgan fingerprint density at radius 3 is 2.26 bits per heavy atom. The Balaban J connectivity index is 1.41. The molecule has 0 saturated carbocycles. The van der Waals surface area contributed by atoms with Gasteiger partial charge in [0.15, 0.2) is 11.5 Å². The lowest BCUT2D eigenvalue weighted by Gasteiger charge is -2.19. The van der Waals surface area contributed by atoms with E-state index >= 15 is 0 Å². The average Bonchev–Trinajstić information content (AvgIpc) is 3.40. The van der Waals surface area contributed by atoms with Gasteiger partial charge in [-0.05, 0) is 57.9 Å². The Labute approximate surface area is 250 Å². The van der Waals surface area contributed by atoms with Crippen LogP contribution in [0.3, 0.4) is 0 Å². The summed E-state index contributed by atoms with van der Waals surface area (Å²) >= 11 is 0. The van der Waals surface area contributed by atoms with Crippen LogP contribution in [0.25, 0.3) is 16.7 Å². The first-order chi connectivity index (χ1) is 20.6. The quantitative estimate of drug-likeness (QED) is 0.190. The number of aromatic nitrogens is 3. The van der Waals surface area contributed by atoms with Gasteiger partial charge in [0.25, 0.3) is 5.91 Å². The number of nitrogens with one attached hydrogen (secondary N) is 3. The molecule has 2 aromatic heterocycles. The van der Waals surface area contributed by atoms with Crippen molar-refractivity contribution in [2.75, 3.05) is 39.7 Å². The number of nitrogens with zero attached hydrogens (tertiary/aromatic N) is 3. The molecule has 0 aliphatic rings. The molecule has 0 fully saturated rings. The summed E-state index contributed by atoms with van der Waals surface area (Å²) < 4.78 is 23.4. The highest BCUT2D eigenvalue weighted by Crippen LogP contribution is 2.40. The standard InChI is InChI=1S/C31H38N6O6/c1-31(2,3)43-30(39)33-14-8-7-13-32-28(38)20-10-9-11-23(16-20)37-15-12-21-19-34-29(36-27(21)37)35-22-17-24(40-4)26(42-6)25(18-22)41-5/h9-12,15-19H,7-8,13-14H2,1-6H3,(H,32,38)(H,33,39)(H,34,35,36). The van der Waals surface area contributed by atoms with Crippen LogP contribution in [0.1, 0.15) is 44.0 Å². The van der Waals surface area contributed by atoms with Crippen molar-refractivity contribution in [3.05, 3.63) is 60.4 Å². The summed E-state index contributed by atoms with van der Waals surface area (Å²) in [5.74, 6) is 1.68. The van der Waals surface area contributed by atoms with Crippen LogP contribution in [0.5, 0.6) is 17.2 Å². The highest BCUT2D eigenvalue weighted by Gasteiger charge is 2.16. The zero-order chi connectivity index (χ0) is 31.0. The van der Waals surface area contributed by atoms with Gasteiger partial charge in [-0.2, -0.15) is 4.98 Å². The Bertz CT molecular complexity index is 1550. The van der Waals surface area contributed by atoms with Gasteiger partial charge in [-0.3, -0.25) is 4.79 Å². The zero-order valence-corrected chi connectivity index (χ0v) is 25.3. The number of ether oxygens (including phenoxy) is 4. The van der Waals surface area contributed by atoms with E-state index in [1.807, 2.05) is 55.8 Å². The zero-order valence-electron chi connectivity index (χ0n) is 25.3. The Morgan fingerprint density at radius 1 is 0.907 bits per heavy atom. The minimum Gasteiger partial charge on any atom is -0.493 e. The fraction of sp³-hybridized carbons (Fsp3) is 0.355. The minimum absolute atomic E-state index is 0.183. The number of methoxy groups -OCH3 is 3. The summed E-state index contributed by atoms with van der Waals surface area (Å²) in [6.07, 6.45) is 4.59. The van der Waals surface area contributed by atoms with Crippen molar-refractivity contribution in [1.29, 1.82) is 0 Å². The number of alkyl carbamates (subject to hydrolysis) is 1. The van der Waals surface area contributed by atoms with Gasteiger partial charge in [-0.1, -0.05) is 6.07 Å². The average molecular weight is 591 g/mol. The normalized spacial score (nSPS) is 11.1. The van der Waals surface area contributed by atoms with Crippen molar-refractivity contribution in [2.24, 2.45) is 0 Å². The molecule has 0 unspecified atom stereocenters. The predicted octanol–water partition coefficient (Wildman–Crippen LogP) is 5.22. The molecule has 43 heavy (non-hydrogen) atoms. The van der Waals surface area contributed by atoms with Gasteiger partial charge in [-0.25, -0.2) is 9.78 Å². The van der Waals surface area contributed by atoms with Crippen LogP contribution in [0.15, 0.2) is 54.9 Å². The summed E-state index contributed by atoms with van der Waals surface area (Å²) in [5, 5.41) is 9.70. The van der Waals surface area contributed by atoms with Crippen molar-refractivity contribution < 1.29 is 28.5 Å². The van der Waals surface area contributed by atoms with Crippen LogP contribution in [0.2, 0.25) is 0 Å². The number of carbonyl (C=O) groups is 2. The molecule has 0 atom stereocenters. The summed E-state index contributed by atoms with van der Waals surface area (Å²) in [5.41, 5.74) is 2.09. The molecular weight excluding hydrogens is 552 g/mol. The van der Waals surface area contributed by atoms with Gasteiger partial charge >= 0.3 is 6.09 Å². The number of anilines is 2. The summed E-state index contributed by atoms with van der Waals surface area (Å²) in [6, 6.07) is 12.8. The van der Waals surface area contributed by atoms with E-state index in [4.69, 9.17) is 23.9 Å². The third-order valence-corrected chi connectivity index (χ3v) is 6.29.